The molecule has 0 heterocycles. The molecule has 0 bridgehead atoms. The summed E-state index contributed by atoms with van der Waals surface area (Å²) in [7, 11) is 0.994. The Labute approximate surface area is 87.0 Å². The lowest BCUT2D eigenvalue weighted by Crippen LogP contribution is -2.48. The summed E-state index contributed by atoms with van der Waals surface area (Å²) in [5.74, 6) is -0.857. The molecule has 0 aliphatic carbocycles. The summed E-state index contributed by atoms with van der Waals surface area (Å²) in [4.78, 5) is 8.91. The van der Waals surface area contributed by atoms with Gasteiger partial charge in [-0.05, 0) is 6.42 Å². The van der Waals surface area contributed by atoms with Gasteiger partial charge in [0.25, 0.3) is 0 Å². The Morgan fingerprint density at radius 3 is 1.88 bits per heavy atom. The highest BCUT2D eigenvalue weighted by Gasteiger charge is 2.53. The fourth-order valence-corrected chi connectivity index (χ4v) is 0.881. The van der Waals surface area contributed by atoms with Gasteiger partial charge in [0.05, 0.1) is 7.11 Å². The third-order valence-electron chi connectivity index (χ3n) is 1.60. The maximum Gasteiger partial charge on any atom is 0.467 e. The molecule has 0 amide bonds. The van der Waals surface area contributed by atoms with Crippen molar-refractivity contribution >= 4 is 5.97 Å². The molecule has 0 aromatic heterocycles. The molecular weight excluding hydrogens is 244 g/mol. The second-order valence-electron chi connectivity index (χ2n) is 2.77. The summed E-state index contributed by atoms with van der Waals surface area (Å²) >= 11 is 0. The van der Waals surface area contributed by atoms with E-state index in [1.54, 1.807) is 0 Å². The van der Waals surface area contributed by atoms with Crippen molar-refractivity contribution in [1.82, 2.24) is 4.90 Å². The zero-order valence-corrected chi connectivity index (χ0v) is 8.15. The number of methoxy groups -OCH3 is 1. The van der Waals surface area contributed by atoms with E-state index < -0.39 is 42.9 Å². The van der Waals surface area contributed by atoms with Gasteiger partial charge in [-0.15, -0.1) is 4.90 Å². The van der Waals surface area contributed by atoms with E-state index in [2.05, 4.69) is 4.74 Å². The van der Waals surface area contributed by atoms with E-state index in [4.69, 9.17) is 0 Å². The molecular formula is C7H9F6NO2. The number of hydrogen-bond acceptors (Lipinski definition) is 3. The highest BCUT2D eigenvalue weighted by atomic mass is 19.4. The number of halogens is 6. The van der Waals surface area contributed by atoms with Crippen LogP contribution in [0.2, 0.25) is 0 Å². The van der Waals surface area contributed by atoms with Gasteiger partial charge >= 0.3 is 18.6 Å². The topological polar surface area (TPSA) is 29.5 Å². The van der Waals surface area contributed by atoms with E-state index >= 15 is 0 Å². The van der Waals surface area contributed by atoms with Gasteiger partial charge in [-0.1, -0.05) is 0 Å². The smallest absolute Gasteiger partial charge is 0.467 e. The lowest BCUT2D eigenvalue weighted by molar-refractivity contribution is -0.372. The van der Waals surface area contributed by atoms with Gasteiger partial charge in [0.2, 0.25) is 0 Å². The normalized spacial score (nSPS) is 13.0. The van der Waals surface area contributed by atoms with Crippen LogP contribution >= 0.6 is 0 Å². The molecule has 0 fully saturated rings. The van der Waals surface area contributed by atoms with Crippen molar-refractivity contribution in [2.75, 3.05) is 13.7 Å². The summed E-state index contributed by atoms with van der Waals surface area (Å²) < 4.78 is 75.6. The monoisotopic (exact) mass is 253 g/mol. The summed E-state index contributed by atoms with van der Waals surface area (Å²) in [5, 5.41) is 0. The number of carbonyl (C=O) groups is 1. The van der Waals surface area contributed by atoms with Crippen molar-refractivity contribution in [1.29, 1.82) is 0 Å². The molecule has 0 saturated heterocycles. The first-order valence-corrected chi connectivity index (χ1v) is 4.07. The molecule has 0 aliphatic rings. The highest BCUT2D eigenvalue weighted by Crippen LogP contribution is 2.33. The Hall–Kier alpha value is -0.990. The predicted molar refractivity (Wildman–Crippen MR) is 40.1 cm³/mol. The SMILES string of the molecule is COC(=O)CCCN(C(F)(F)F)C(F)(F)F. The van der Waals surface area contributed by atoms with Crippen LogP contribution in [0.4, 0.5) is 26.3 Å². The van der Waals surface area contributed by atoms with Crippen LogP contribution in [0, 0.1) is 0 Å². The third-order valence-corrected chi connectivity index (χ3v) is 1.60. The zero-order valence-electron chi connectivity index (χ0n) is 8.15. The lowest BCUT2D eigenvalue weighted by Gasteiger charge is -2.26. The maximum absolute atomic E-state index is 11.9. The Balaban J connectivity index is 4.31. The quantitative estimate of drug-likeness (QED) is 0.437. The molecule has 0 N–H and O–H groups in total. The van der Waals surface area contributed by atoms with Crippen LogP contribution in [0.25, 0.3) is 0 Å². The van der Waals surface area contributed by atoms with Crippen LogP contribution in [0.5, 0.6) is 0 Å². The van der Waals surface area contributed by atoms with E-state index in [-0.39, 0.29) is 0 Å². The minimum Gasteiger partial charge on any atom is -0.469 e. The number of hydrogen-bond donors (Lipinski definition) is 0. The minimum absolute atomic E-state index is 0.501. The van der Waals surface area contributed by atoms with Crippen molar-refractivity contribution in [2.45, 2.75) is 25.4 Å². The molecule has 9 heteroatoms. The fraction of sp³-hybridized carbons (Fsp3) is 0.857. The van der Waals surface area contributed by atoms with Crippen molar-refractivity contribution in [3.8, 4) is 0 Å². The first-order chi connectivity index (χ1) is 7.09. The summed E-state index contributed by atoms with van der Waals surface area (Å²) in [5.41, 5.74) is 0. The van der Waals surface area contributed by atoms with Gasteiger partial charge in [-0.3, -0.25) is 4.79 Å². The molecule has 0 spiro atoms. The molecule has 3 nitrogen and oxygen atoms in total. The molecule has 0 aromatic rings. The third kappa shape index (κ3) is 5.19. The number of esters is 1. The van der Waals surface area contributed by atoms with E-state index in [0.717, 1.165) is 7.11 Å². The summed E-state index contributed by atoms with van der Waals surface area (Å²) in [6, 6.07) is 0. The minimum atomic E-state index is -5.51. The Kier molecular flexibility index (Phi) is 5.04. The van der Waals surface area contributed by atoms with Crippen molar-refractivity contribution in [3.05, 3.63) is 0 Å². The Morgan fingerprint density at radius 2 is 1.56 bits per heavy atom. The summed E-state index contributed by atoms with van der Waals surface area (Å²) in [6.45, 7) is -1.33. The number of alkyl halides is 6. The zero-order chi connectivity index (χ0) is 13.0. The number of ether oxygens (including phenoxy) is 1. The van der Waals surface area contributed by atoms with Crippen LogP contribution in [-0.4, -0.2) is 37.1 Å². The molecule has 0 radical (unpaired) electrons. The fourth-order valence-electron chi connectivity index (χ4n) is 0.881. The van der Waals surface area contributed by atoms with Crippen LogP contribution in [0.15, 0.2) is 0 Å². The number of nitrogens with zero attached hydrogens (tertiary/aromatic N) is 1. The number of rotatable bonds is 4. The van der Waals surface area contributed by atoms with Crippen molar-refractivity contribution in [3.63, 3.8) is 0 Å². The first-order valence-electron chi connectivity index (χ1n) is 4.07. The maximum atomic E-state index is 11.9. The van der Waals surface area contributed by atoms with Gasteiger partial charge in [-0.25, -0.2) is 0 Å². The molecule has 96 valence electrons. The van der Waals surface area contributed by atoms with Crippen LogP contribution in [0.3, 0.4) is 0 Å². The standard InChI is InChI=1S/C7H9F6NO2/c1-16-5(15)3-2-4-14(6(8,9)10)7(11,12)13/h2-4H2,1H3. The summed E-state index contributed by atoms with van der Waals surface area (Å²) in [6.07, 6.45) is -12.1. The van der Waals surface area contributed by atoms with Crippen LogP contribution < -0.4 is 0 Å². The molecule has 0 aromatic carbocycles. The van der Waals surface area contributed by atoms with Gasteiger partial charge in [0, 0.05) is 13.0 Å². The second kappa shape index (κ2) is 5.37. The Morgan fingerprint density at radius 1 is 1.12 bits per heavy atom. The van der Waals surface area contributed by atoms with E-state index in [1.165, 1.54) is 0 Å². The number of carbonyl (C=O) groups excluding carboxylic acids is 1. The lowest BCUT2D eigenvalue weighted by atomic mass is 10.3. The molecule has 0 atom stereocenters. The van der Waals surface area contributed by atoms with Gasteiger partial charge in [-0.2, -0.15) is 26.3 Å². The second-order valence-corrected chi connectivity index (χ2v) is 2.77. The van der Waals surface area contributed by atoms with E-state index in [9.17, 15) is 31.1 Å². The van der Waals surface area contributed by atoms with Gasteiger partial charge in [0.1, 0.15) is 0 Å². The first kappa shape index (κ1) is 15.0. The van der Waals surface area contributed by atoms with Gasteiger partial charge < -0.3 is 4.74 Å². The highest BCUT2D eigenvalue weighted by molar-refractivity contribution is 5.69. The van der Waals surface area contributed by atoms with Crippen LogP contribution in [0.1, 0.15) is 12.8 Å². The molecule has 0 unspecified atom stereocenters. The van der Waals surface area contributed by atoms with E-state index in [1.807, 2.05) is 0 Å². The molecule has 16 heavy (non-hydrogen) atoms. The largest absolute Gasteiger partial charge is 0.469 e. The molecule has 0 rings (SSSR count). The average Bonchev–Trinajstić information content (AvgIpc) is 2.07. The molecule has 0 aliphatic heterocycles. The molecule has 0 saturated carbocycles. The van der Waals surface area contributed by atoms with E-state index in [0.29, 0.717) is 0 Å². The Bertz CT molecular complexity index is 222. The van der Waals surface area contributed by atoms with Crippen LogP contribution in [-0.2, 0) is 9.53 Å². The van der Waals surface area contributed by atoms with Gasteiger partial charge in [0.15, 0.2) is 0 Å². The van der Waals surface area contributed by atoms with Crippen molar-refractivity contribution < 1.29 is 35.9 Å². The van der Waals surface area contributed by atoms with Crippen molar-refractivity contribution in [2.24, 2.45) is 0 Å². The average molecular weight is 253 g/mol. The predicted octanol–water partition coefficient (Wildman–Crippen LogP) is 2.28.